The van der Waals surface area contributed by atoms with Crippen LogP contribution < -0.4 is 15.4 Å². The van der Waals surface area contributed by atoms with Crippen LogP contribution in [0.4, 0.5) is 4.79 Å². The van der Waals surface area contributed by atoms with Gasteiger partial charge in [0.15, 0.2) is 0 Å². The van der Waals surface area contributed by atoms with E-state index < -0.39 is 0 Å². The molecule has 0 aliphatic heterocycles. The van der Waals surface area contributed by atoms with Crippen LogP contribution >= 0.6 is 0 Å². The van der Waals surface area contributed by atoms with E-state index in [0.29, 0.717) is 19.0 Å². The number of aromatic nitrogens is 3. The molecule has 0 saturated heterocycles. The number of aryl methyl sites for hydroxylation is 1. The van der Waals surface area contributed by atoms with Gasteiger partial charge in [-0.2, -0.15) is 0 Å². The van der Waals surface area contributed by atoms with Gasteiger partial charge in [0.25, 0.3) is 0 Å². The normalized spacial score (nSPS) is 11.8. The number of rotatable bonds is 6. The van der Waals surface area contributed by atoms with Crippen LogP contribution in [-0.2, 0) is 13.1 Å². The molecule has 0 aliphatic carbocycles. The third kappa shape index (κ3) is 4.47. The first-order valence-electron chi connectivity index (χ1n) is 7.09. The van der Waals surface area contributed by atoms with Gasteiger partial charge in [0.2, 0.25) is 5.88 Å². The van der Waals surface area contributed by atoms with Crippen molar-refractivity contribution in [3.8, 4) is 5.88 Å². The molecule has 1 atom stereocenters. The van der Waals surface area contributed by atoms with E-state index in [4.69, 9.17) is 4.74 Å². The topological polar surface area (TPSA) is 81.1 Å². The Morgan fingerprint density at radius 2 is 2.27 bits per heavy atom. The number of ether oxygens (including phenoxy) is 1. The van der Waals surface area contributed by atoms with Gasteiger partial charge in [-0.05, 0) is 19.9 Å². The Hall–Kier alpha value is -2.57. The van der Waals surface area contributed by atoms with Crippen molar-refractivity contribution in [1.29, 1.82) is 0 Å². The highest BCUT2D eigenvalue weighted by molar-refractivity contribution is 5.74. The molecule has 1 unspecified atom stereocenters. The minimum Gasteiger partial charge on any atom is -0.481 e. The SMILES string of the molecule is COc1nc(C)ccc1CNC(=O)NC(C)Cn1ccnc1. The number of amides is 2. The summed E-state index contributed by atoms with van der Waals surface area (Å²) in [6.07, 6.45) is 5.29. The Labute approximate surface area is 129 Å². The van der Waals surface area contributed by atoms with Gasteiger partial charge in [-0.15, -0.1) is 0 Å². The van der Waals surface area contributed by atoms with Gasteiger partial charge in [-0.3, -0.25) is 0 Å². The summed E-state index contributed by atoms with van der Waals surface area (Å²) in [5.74, 6) is 0.534. The molecular weight excluding hydrogens is 282 g/mol. The Kier molecular flexibility index (Phi) is 5.35. The fraction of sp³-hybridized carbons (Fsp3) is 0.400. The molecule has 0 spiro atoms. The van der Waals surface area contributed by atoms with E-state index in [1.165, 1.54) is 0 Å². The predicted octanol–water partition coefficient (Wildman–Crippen LogP) is 1.48. The lowest BCUT2D eigenvalue weighted by molar-refractivity contribution is 0.236. The van der Waals surface area contributed by atoms with E-state index in [-0.39, 0.29) is 12.1 Å². The van der Waals surface area contributed by atoms with Crippen LogP contribution in [0.1, 0.15) is 18.2 Å². The molecule has 2 aromatic heterocycles. The Bertz CT molecular complexity index is 612. The van der Waals surface area contributed by atoms with Crippen LogP contribution in [0.3, 0.4) is 0 Å². The zero-order chi connectivity index (χ0) is 15.9. The van der Waals surface area contributed by atoms with Crippen LogP contribution in [0.2, 0.25) is 0 Å². The maximum Gasteiger partial charge on any atom is 0.315 e. The summed E-state index contributed by atoms with van der Waals surface area (Å²) in [6.45, 7) is 4.86. The number of hydrogen-bond acceptors (Lipinski definition) is 4. The molecule has 0 bridgehead atoms. The molecule has 2 heterocycles. The van der Waals surface area contributed by atoms with Crippen molar-refractivity contribution < 1.29 is 9.53 Å². The lowest BCUT2D eigenvalue weighted by Gasteiger charge is -2.15. The van der Waals surface area contributed by atoms with Gasteiger partial charge in [-0.25, -0.2) is 14.8 Å². The lowest BCUT2D eigenvalue weighted by atomic mass is 10.2. The van der Waals surface area contributed by atoms with Gasteiger partial charge in [0, 0.05) is 42.8 Å². The molecule has 22 heavy (non-hydrogen) atoms. The molecule has 7 heteroatoms. The fourth-order valence-corrected chi connectivity index (χ4v) is 2.08. The molecule has 0 aromatic carbocycles. The molecule has 0 aliphatic rings. The second kappa shape index (κ2) is 7.44. The lowest BCUT2D eigenvalue weighted by Crippen LogP contribution is -2.42. The third-order valence-corrected chi connectivity index (χ3v) is 3.13. The van der Waals surface area contributed by atoms with Gasteiger partial charge < -0.3 is 19.9 Å². The molecular formula is C15H21N5O2. The van der Waals surface area contributed by atoms with E-state index in [1.54, 1.807) is 19.6 Å². The highest BCUT2D eigenvalue weighted by Gasteiger charge is 2.10. The molecule has 0 fully saturated rings. The Morgan fingerprint density at radius 3 is 2.95 bits per heavy atom. The quantitative estimate of drug-likeness (QED) is 0.847. The second-order valence-electron chi connectivity index (χ2n) is 5.11. The van der Waals surface area contributed by atoms with Crippen molar-refractivity contribution in [2.75, 3.05) is 7.11 Å². The van der Waals surface area contributed by atoms with Crippen molar-refractivity contribution in [2.45, 2.75) is 33.0 Å². The van der Waals surface area contributed by atoms with E-state index in [2.05, 4.69) is 20.6 Å². The smallest absolute Gasteiger partial charge is 0.315 e. The number of nitrogens with one attached hydrogen (secondary N) is 2. The molecule has 2 aromatic rings. The maximum absolute atomic E-state index is 11.9. The molecule has 0 saturated carbocycles. The maximum atomic E-state index is 11.9. The second-order valence-corrected chi connectivity index (χ2v) is 5.11. The highest BCUT2D eigenvalue weighted by Crippen LogP contribution is 2.15. The molecule has 118 valence electrons. The number of carbonyl (C=O) groups is 1. The molecule has 2 N–H and O–H groups in total. The zero-order valence-electron chi connectivity index (χ0n) is 13.0. The van der Waals surface area contributed by atoms with Gasteiger partial charge in [0.05, 0.1) is 13.4 Å². The summed E-state index contributed by atoms with van der Waals surface area (Å²) < 4.78 is 7.13. The van der Waals surface area contributed by atoms with Crippen LogP contribution in [0.5, 0.6) is 5.88 Å². The van der Waals surface area contributed by atoms with E-state index >= 15 is 0 Å². The summed E-state index contributed by atoms with van der Waals surface area (Å²) in [5.41, 5.74) is 1.71. The van der Waals surface area contributed by atoms with E-state index in [9.17, 15) is 4.79 Å². The van der Waals surface area contributed by atoms with Gasteiger partial charge in [0.1, 0.15) is 0 Å². The van der Waals surface area contributed by atoms with Gasteiger partial charge >= 0.3 is 6.03 Å². The van der Waals surface area contributed by atoms with Crippen LogP contribution in [0.15, 0.2) is 30.9 Å². The number of imidazole rings is 1. The Morgan fingerprint density at radius 1 is 1.45 bits per heavy atom. The average Bonchev–Trinajstić information content (AvgIpc) is 2.98. The van der Waals surface area contributed by atoms with Crippen LogP contribution in [0, 0.1) is 6.92 Å². The minimum atomic E-state index is -0.227. The molecule has 2 rings (SSSR count). The monoisotopic (exact) mass is 303 g/mol. The number of methoxy groups -OCH3 is 1. The first kappa shape index (κ1) is 15.8. The summed E-state index contributed by atoms with van der Waals surface area (Å²) in [5, 5.41) is 5.69. The van der Waals surface area contributed by atoms with Crippen molar-refractivity contribution >= 4 is 6.03 Å². The van der Waals surface area contributed by atoms with Crippen molar-refractivity contribution in [3.63, 3.8) is 0 Å². The third-order valence-electron chi connectivity index (χ3n) is 3.13. The number of pyridine rings is 1. The zero-order valence-corrected chi connectivity index (χ0v) is 13.0. The highest BCUT2D eigenvalue weighted by atomic mass is 16.5. The number of nitrogens with zero attached hydrogens (tertiary/aromatic N) is 3. The van der Waals surface area contributed by atoms with Crippen molar-refractivity contribution in [3.05, 3.63) is 42.1 Å². The average molecular weight is 303 g/mol. The molecule has 2 amide bonds. The number of carbonyl (C=O) groups excluding carboxylic acids is 1. The predicted molar refractivity (Wildman–Crippen MR) is 82.6 cm³/mol. The van der Waals surface area contributed by atoms with Crippen LogP contribution in [0.25, 0.3) is 0 Å². The largest absolute Gasteiger partial charge is 0.481 e. The first-order valence-corrected chi connectivity index (χ1v) is 7.09. The summed E-state index contributed by atoms with van der Waals surface area (Å²) >= 11 is 0. The minimum absolute atomic E-state index is 0.00719. The van der Waals surface area contributed by atoms with Crippen molar-refractivity contribution in [2.24, 2.45) is 0 Å². The van der Waals surface area contributed by atoms with Crippen molar-refractivity contribution in [1.82, 2.24) is 25.2 Å². The van der Waals surface area contributed by atoms with Gasteiger partial charge in [-0.1, -0.05) is 6.07 Å². The summed E-state index contributed by atoms with van der Waals surface area (Å²) in [6, 6.07) is 3.55. The molecule has 7 nitrogen and oxygen atoms in total. The summed E-state index contributed by atoms with van der Waals surface area (Å²) in [7, 11) is 1.57. The van der Waals surface area contributed by atoms with E-state index in [1.807, 2.05) is 36.7 Å². The summed E-state index contributed by atoms with van der Waals surface area (Å²) in [4.78, 5) is 20.2. The fourth-order valence-electron chi connectivity index (χ4n) is 2.08. The first-order chi connectivity index (χ1) is 10.6. The Balaban J connectivity index is 1.82. The standard InChI is InChI=1S/C15H21N5O2/c1-11-4-5-13(14(18-11)22-3)8-17-15(21)19-12(2)9-20-7-6-16-10-20/h4-7,10,12H,8-9H2,1-3H3,(H2,17,19,21). The van der Waals surface area contributed by atoms with Crippen LogP contribution in [-0.4, -0.2) is 33.7 Å². The number of urea groups is 1. The number of hydrogen-bond donors (Lipinski definition) is 2. The van der Waals surface area contributed by atoms with E-state index in [0.717, 1.165) is 11.3 Å². The molecule has 0 radical (unpaired) electrons.